The molecule has 1 heterocycles. The van der Waals surface area contributed by atoms with Crippen LogP contribution in [0.3, 0.4) is 0 Å². The molecule has 0 spiro atoms. The molecule has 0 aliphatic heterocycles. The van der Waals surface area contributed by atoms with Crippen molar-refractivity contribution in [2.45, 2.75) is 26.7 Å². The Morgan fingerprint density at radius 1 is 0.913 bits per heavy atom. The monoisotopic (exact) mass is 308 g/mol. The fraction of sp³-hybridized carbons (Fsp3) is 0.211. The lowest BCUT2D eigenvalue weighted by atomic mass is 10.0. The van der Waals surface area contributed by atoms with Gasteiger partial charge in [0.15, 0.2) is 0 Å². The van der Waals surface area contributed by atoms with Gasteiger partial charge in [-0.05, 0) is 61.9 Å². The molecule has 1 aromatic heterocycles. The zero-order valence-electron chi connectivity index (χ0n) is 13.3. The van der Waals surface area contributed by atoms with Crippen molar-refractivity contribution < 1.29 is 10.2 Å². The van der Waals surface area contributed by atoms with Crippen molar-refractivity contribution in [1.82, 2.24) is 9.78 Å². The molecule has 0 bridgehead atoms. The van der Waals surface area contributed by atoms with Gasteiger partial charge in [0.1, 0.15) is 11.5 Å². The van der Waals surface area contributed by atoms with Gasteiger partial charge >= 0.3 is 0 Å². The van der Waals surface area contributed by atoms with Crippen LogP contribution >= 0.6 is 0 Å². The van der Waals surface area contributed by atoms with E-state index in [0.717, 1.165) is 35.5 Å². The predicted molar refractivity (Wildman–Crippen MR) is 91.1 cm³/mol. The first-order valence-corrected chi connectivity index (χ1v) is 7.77. The summed E-state index contributed by atoms with van der Waals surface area (Å²) >= 11 is 0. The van der Waals surface area contributed by atoms with Crippen molar-refractivity contribution in [3.05, 3.63) is 59.8 Å². The lowest BCUT2D eigenvalue weighted by molar-refractivity contribution is 0.474. The van der Waals surface area contributed by atoms with Crippen molar-refractivity contribution in [2.24, 2.45) is 0 Å². The Bertz CT molecular complexity index is 803. The number of hydrogen-bond acceptors (Lipinski definition) is 3. The quantitative estimate of drug-likeness (QED) is 0.759. The van der Waals surface area contributed by atoms with Crippen LogP contribution in [-0.2, 0) is 6.42 Å². The number of rotatable bonds is 4. The van der Waals surface area contributed by atoms with Gasteiger partial charge in [0.2, 0.25) is 0 Å². The first-order chi connectivity index (χ1) is 11.1. The highest BCUT2D eigenvalue weighted by Gasteiger charge is 2.16. The van der Waals surface area contributed by atoms with Gasteiger partial charge < -0.3 is 10.2 Å². The van der Waals surface area contributed by atoms with Gasteiger partial charge in [-0.2, -0.15) is 5.10 Å². The molecule has 0 unspecified atom stereocenters. The number of aromatic hydroxyl groups is 2. The number of aromatic nitrogens is 2. The van der Waals surface area contributed by atoms with Crippen molar-refractivity contribution in [1.29, 1.82) is 0 Å². The molecule has 0 aliphatic rings. The summed E-state index contributed by atoms with van der Waals surface area (Å²) in [5.74, 6) is 0.492. The third kappa shape index (κ3) is 2.93. The molecule has 23 heavy (non-hydrogen) atoms. The van der Waals surface area contributed by atoms with E-state index >= 15 is 0 Å². The van der Waals surface area contributed by atoms with Crippen LogP contribution < -0.4 is 0 Å². The minimum atomic E-state index is 0.242. The summed E-state index contributed by atoms with van der Waals surface area (Å²) in [6.45, 7) is 4.21. The Morgan fingerprint density at radius 3 is 2.04 bits per heavy atom. The molecule has 0 amide bonds. The highest BCUT2D eigenvalue weighted by Crippen LogP contribution is 2.29. The summed E-state index contributed by atoms with van der Waals surface area (Å²) in [7, 11) is 0. The second-order valence-electron chi connectivity index (χ2n) is 5.64. The Labute approximate surface area is 135 Å². The van der Waals surface area contributed by atoms with Crippen LogP contribution in [0, 0.1) is 6.92 Å². The standard InChI is InChI=1S/C19H20N2O2/c1-3-4-18-13(2)21(15-7-11-17(23)12-8-15)20-19(18)14-5-9-16(22)10-6-14/h5-12,22-23H,3-4H2,1-2H3. The van der Waals surface area contributed by atoms with Gasteiger partial charge in [-0.3, -0.25) is 0 Å². The average Bonchev–Trinajstić information content (AvgIpc) is 2.87. The van der Waals surface area contributed by atoms with E-state index in [4.69, 9.17) is 5.10 Å². The van der Waals surface area contributed by atoms with E-state index < -0.39 is 0 Å². The number of phenols is 2. The normalized spacial score (nSPS) is 10.9. The number of hydrogen-bond donors (Lipinski definition) is 2. The van der Waals surface area contributed by atoms with E-state index in [0.29, 0.717) is 0 Å². The molecule has 4 nitrogen and oxygen atoms in total. The maximum Gasteiger partial charge on any atom is 0.115 e. The first kappa shape index (κ1) is 15.2. The SMILES string of the molecule is CCCc1c(-c2ccc(O)cc2)nn(-c2ccc(O)cc2)c1C. The largest absolute Gasteiger partial charge is 0.508 e. The van der Waals surface area contributed by atoms with Crippen LogP contribution in [0.25, 0.3) is 16.9 Å². The fourth-order valence-electron chi connectivity index (χ4n) is 2.78. The molecular formula is C19H20N2O2. The molecule has 4 heteroatoms. The van der Waals surface area contributed by atoms with Gasteiger partial charge in [-0.25, -0.2) is 4.68 Å². The minimum Gasteiger partial charge on any atom is -0.508 e. The van der Waals surface area contributed by atoms with Gasteiger partial charge in [0, 0.05) is 16.8 Å². The Hall–Kier alpha value is -2.75. The van der Waals surface area contributed by atoms with E-state index in [-0.39, 0.29) is 11.5 Å². The molecule has 3 rings (SSSR count). The Kier molecular flexibility index (Phi) is 4.06. The summed E-state index contributed by atoms with van der Waals surface area (Å²) in [6.07, 6.45) is 1.98. The summed E-state index contributed by atoms with van der Waals surface area (Å²) in [4.78, 5) is 0. The minimum absolute atomic E-state index is 0.242. The molecule has 3 aromatic rings. The zero-order valence-corrected chi connectivity index (χ0v) is 13.3. The number of phenolic OH excluding ortho intramolecular Hbond substituents is 2. The Balaban J connectivity index is 2.14. The maximum absolute atomic E-state index is 9.49. The predicted octanol–water partition coefficient (Wildman–Crippen LogP) is 4.21. The van der Waals surface area contributed by atoms with E-state index in [1.54, 1.807) is 24.3 Å². The molecular weight excluding hydrogens is 288 g/mol. The van der Waals surface area contributed by atoms with Gasteiger partial charge in [0.05, 0.1) is 11.4 Å². The maximum atomic E-state index is 9.49. The van der Waals surface area contributed by atoms with E-state index in [2.05, 4.69) is 13.8 Å². The average molecular weight is 308 g/mol. The summed E-state index contributed by atoms with van der Waals surface area (Å²) in [6, 6.07) is 14.2. The number of nitrogens with zero attached hydrogens (tertiary/aromatic N) is 2. The second kappa shape index (κ2) is 6.16. The summed E-state index contributed by atoms with van der Waals surface area (Å²) in [5.41, 5.74) is 5.17. The third-order valence-corrected chi connectivity index (χ3v) is 3.98. The van der Waals surface area contributed by atoms with Gasteiger partial charge in [-0.1, -0.05) is 13.3 Å². The summed E-state index contributed by atoms with van der Waals surface area (Å²) < 4.78 is 1.91. The van der Waals surface area contributed by atoms with Crippen LogP contribution in [0.1, 0.15) is 24.6 Å². The molecule has 0 saturated heterocycles. The van der Waals surface area contributed by atoms with Gasteiger partial charge in [-0.15, -0.1) is 0 Å². The molecule has 118 valence electrons. The zero-order chi connectivity index (χ0) is 16.4. The smallest absolute Gasteiger partial charge is 0.115 e. The molecule has 0 atom stereocenters. The molecule has 0 saturated carbocycles. The highest BCUT2D eigenvalue weighted by molar-refractivity contribution is 5.65. The fourth-order valence-corrected chi connectivity index (χ4v) is 2.78. The van der Waals surface area contributed by atoms with E-state index in [1.165, 1.54) is 5.56 Å². The van der Waals surface area contributed by atoms with Crippen molar-refractivity contribution in [3.63, 3.8) is 0 Å². The molecule has 2 N–H and O–H groups in total. The lowest BCUT2D eigenvalue weighted by Gasteiger charge is -2.05. The van der Waals surface area contributed by atoms with Crippen molar-refractivity contribution in [2.75, 3.05) is 0 Å². The van der Waals surface area contributed by atoms with Crippen molar-refractivity contribution in [3.8, 4) is 28.4 Å². The topological polar surface area (TPSA) is 58.3 Å². The number of benzene rings is 2. The van der Waals surface area contributed by atoms with Crippen LogP contribution in [0.5, 0.6) is 11.5 Å². The summed E-state index contributed by atoms with van der Waals surface area (Å²) in [5, 5.41) is 23.7. The molecule has 2 aromatic carbocycles. The van der Waals surface area contributed by atoms with Crippen LogP contribution in [0.4, 0.5) is 0 Å². The first-order valence-electron chi connectivity index (χ1n) is 7.77. The molecule has 0 aliphatic carbocycles. The Morgan fingerprint density at radius 2 is 1.48 bits per heavy atom. The van der Waals surface area contributed by atoms with Crippen LogP contribution in [0.15, 0.2) is 48.5 Å². The lowest BCUT2D eigenvalue weighted by Crippen LogP contribution is -1.99. The van der Waals surface area contributed by atoms with Crippen LogP contribution in [-0.4, -0.2) is 20.0 Å². The van der Waals surface area contributed by atoms with Gasteiger partial charge in [0.25, 0.3) is 0 Å². The van der Waals surface area contributed by atoms with Crippen molar-refractivity contribution >= 4 is 0 Å². The molecule has 0 fully saturated rings. The van der Waals surface area contributed by atoms with E-state index in [9.17, 15) is 10.2 Å². The second-order valence-corrected chi connectivity index (χ2v) is 5.64. The van der Waals surface area contributed by atoms with Crippen LogP contribution in [0.2, 0.25) is 0 Å². The third-order valence-electron chi connectivity index (χ3n) is 3.98. The molecule has 0 radical (unpaired) electrons. The highest BCUT2D eigenvalue weighted by atomic mass is 16.3. The van der Waals surface area contributed by atoms with E-state index in [1.807, 2.05) is 28.9 Å².